The fourth-order valence-corrected chi connectivity index (χ4v) is 2.66. The minimum Gasteiger partial charge on any atom is -0.350 e. The van der Waals surface area contributed by atoms with Gasteiger partial charge in [-0.15, -0.1) is 0 Å². The predicted molar refractivity (Wildman–Crippen MR) is 96.1 cm³/mol. The van der Waals surface area contributed by atoms with Crippen LogP contribution in [0.15, 0.2) is 54.6 Å². The van der Waals surface area contributed by atoms with E-state index in [0.29, 0.717) is 23.7 Å². The van der Waals surface area contributed by atoms with Crippen molar-refractivity contribution in [3.8, 4) is 11.3 Å². The van der Waals surface area contributed by atoms with Gasteiger partial charge in [0.2, 0.25) is 0 Å². The molecule has 0 spiro atoms. The summed E-state index contributed by atoms with van der Waals surface area (Å²) >= 11 is 5.85. The lowest BCUT2D eigenvalue weighted by atomic mass is 10.1. The second kappa shape index (κ2) is 7.49. The smallest absolute Gasteiger partial charge is 0.271 e. The predicted octanol–water partition coefficient (Wildman–Crippen LogP) is 3.85. The van der Waals surface area contributed by atoms with E-state index in [0.717, 1.165) is 16.8 Å². The number of nitrogens with one attached hydrogen (secondary N) is 1. The molecule has 0 saturated carbocycles. The summed E-state index contributed by atoms with van der Waals surface area (Å²) in [6, 6.07) is 15.3. The van der Waals surface area contributed by atoms with E-state index >= 15 is 0 Å². The highest BCUT2D eigenvalue weighted by molar-refractivity contribution is 6.30. The van der Waals surface area contributed by atoms with Crippen LogP contribution in [-0.2, 0) is 13.5 Å². The van der Waals surface area contributed by atoms with Gasteiger partial charge >= 0.3 is 0 Å². The van der Waals surface area contributed by atoms with Gasteiger partial charge in [-0.1, -0.05) is 23.7 Å². The Kier molecular flexibility index (Phi) is 5.14. The summed E-state index contributed by atoms with van der Waals surface area (Å²) in [6.45, 7) is 0.503. The van der Waals surface area contributed by atoms with Crippen LogP contribution >= 0.6 is 11.6 Å². The third-order valence-electron chi connectivity index (χ3n) is 3.86. The van der Waals surface area contributed by atoms with Crippen LogP contribution in [0.2, 0.25) is 5.02 Å². The minimum absolute atomic E-state index is 0.238. The summed E-state index contributed by atoms with van der Waals surface area (Å²) in [5, 5.41) is 7.78. The molecule has 3 aromatic rings. The molecule has 0 aliphatic carbocycles. The summed E-state index contributed by atoms with van der Waals surface area (Å²) in [4.78, 5) is 12.3. The highest BCUT2D eigenvalue weighted by atomic mass is 35.5. The Labute approximate surface area is 150 Å². The lowest BCUT2D eigenvalue weighted by Gasteiger charge is -2.03. The molecule has 2 aromatic carbocycles. The molecule has 0 unspecified atom stereocenters. The lowest BCUT2D eigenvalue weighted by Crippen LogP contribution is -2.26. The monoisotopic (exact) mass is 357 g/mol. The Hall–Kier alpha value is -2.66. The standard InChI is InChI=1S/C19H17ClFN3O/c1-24-18(14-4-8-16(21)9-5-14)12-17(23-24)19(25)22-11-10-13-2-6-15(20)7-3-13/h2-9,12H,10-11H2,1H3,(H,22,25). The Morgan fingerprint density at radius 1 is 1.16 bits per heavy atom. The Morgan fingerprint density at radius 3 is 2.52 bits per heavy atom. The van der Waals surface area contributed by atoms with Crippen LogP contribution in [0.3, 0.4) is 0 Å². The van der Waals surface area contributed by atoms with E-state index in [9.17, 15) is 9.18 Å². The number of hydrogen-bond acceptors (Lipinski definition) is 2. The van der Waals surface area contributed by atoms with Crippen molar-refractivity contribution in [1.82, 2.24) is 15.1 Å². The number of nitrogens with zero attached hydrogens (tertiary/aromatic N) is 2. The molecular weight excluding hydrogens is 341 g/mol. The molecule has 0 radical (unpaired) electrons. The quantitative estimate of drug-likeness (QED) is 0.753. The lowest BCUT2D eigenvalue weighted by molar-refractivity contribution is 0.0948. The van der Waals surface area contributed by atoms with Gasteiger partial charge in [-0.2, -0.15) is 5.10 Å². The third-order valence-corrected chi connectivity index (χ3v) is 4.12. The average molecular weight is 358 g/mol. The van der Waals surface area contributed by atoms with Crippen LogP contribution in [-0.4, -0.2) is 22.2 Å². The van der Waals surface area contributed by atoms with E-state index in [1.165, 1.54) is 12.1 Å². The van der Waals surface area contributed by atoms with Gasteiger partial charge in [-0.3, -0.25) is 9.48 Å². The molecule has 4 nitrogen and oxygen atoms in total. The fourth-order valence-electron chi connectivity index (χ4n) is 2.53. The van der Waals surface area contributed by atoms with Crippen molar-refractivity contribution in [3.63, 3.8) is 0 Å². The Balaban J connectivity index is 1.63. The van der Waals surface area contributed by atoms with Gasteiger partial charge in [0, 0.05) is 18.6 Å². The van der Waals surface area contributed by atoms with Gasteiger partial charge in [0.1, 0.15) is 5.82 Å². The van der Waals surface area contributed by atoms with E-state index in [2.05, 4.69) is 10.4 Å². The molecule has 3 rings (SSSR count). The van der Waals surface area contributed by atoms with Crippen LogP contribution in [0.25, 0.3) is 11.3 Å². The summed E-state index contributed by atoms with van der Waals surface area (Å²) in [6.07, 6.45) is 0.709. The molecule has 0 atom stereocenters. The van der Waals surface area contributed by atoms with Gasteiger partial charge in [-0.25, -0.2) is 4.39 Å². The van der Waals surface area contributed by atoms with Crippen LogP contribution in [0, 0.1) is 5.82 Å². The van der Waals surface area contributed by atoms with Crippen LogP contribution in [0.4, 0.5) is 4.39 Å². The zero-order chi connectivity index (χ0) is 17.8. The normalized spacial score (nSPS) is 10.7. The van der Waals surface area contributed by atoms with E-state index < -0.39 is 0 Å². The minimum atomic E-state index is -0.300. The molecule has 1 amide bonds. The van der Waals surface area contributed by atoms with Crippen LogP contribution in [0.1, 0.15) is 16.1 Å². The summed E-state index contributed by atoms with van der Waals surface area (Å²) in [5.41, 5.74) is 2.98. The number of carbonyl (C=O) groups excluding carboxylic acids is 1. The topological polar surface area (TPSA) is 46.9 Å². The van der Waals surface area contributed by atoms with Crippen molar-refractivity contribution in [3.05, 3.63) is 76.7 Å². The molecule has 0 aliphatic rings. The van der Waals surface area contributed by atoms with Crippen molar-refractivity contribution in [2.24, 2.45) is 7.05 Å². The largest absolute Gasteiger partial charge is 0.350 e. The first kappa shape index (κ1) is 17.2. The number of halogens is 2. The molecule has 0 bridgehead atoms. The highest BCUT2D eigenvalue weighted by Crippen LogP contribution is 2.20. The maximum absolute atomic E-state index is 13.0. The first-order valence-corrected chi connectivity index (χ1v) is 8.23. The van der Waals surface area contributed by atoms with Crippen molar-refractivity contribution < 1.29 is 9.18 Å². The maximum Gasteiger partial charge on any atom is 0.271 e. The first-order chi connectivity index (χ1) is 12.0. The van der Waals surface area contributed by atoms with Crippen molar-refractivity contribution in [1.29, 1.82) is 0 Å². The van der Waals surface area contributed by atoms with E-state index in [1.807, 2.05) is 24.3 Å². The van der Waals surface area contributed by atoms with E-state index in [-0.39, 0.29) is 11.7 Å². The number of hydrogen-bond donors (Lipinski definition) is 1. The van der Waals surface area contributed by atoms with Crippen molar-refractivity contribution in [2.45, 2.75) is 6.42 Å². The second-order valence-corrected chi connectivity index (χ2v) is 6.11. The number of aromatic nitrogens is 2. The molecule has 1 aromatic heterocycles. The Morgan fingerprint density at radius 2 is 1.84 bits per heavy atom. The number of aryl methyl sites for hydroxylation is 1. The molecule has 0 fully saturated rings. The van der Waals surface area contributed by atoms with E-state index in [1.54, 1.807) is 29.9 Å². The van der Waals surface area contributed by atoms with Gasteiger partial charge in [-0.05, 0) is 60.0 Å². The van der Waals surface area contributed by atoms with Gasteiger partial charge in [0.05, 0.1) is 5.69 Å². The fraction of sp³-hybridized carbons (Fsp3) is 0.158. The maximum atomic E-state index is 13.0. The SMILES string of the molecule is Cn1nc(C(=O)NCCc2ccc(Cl)cc2)cc1-c1ccc(F)cc1. The zero-order valence-electron chi connectivity index (χ0n) is 13.7. The van der Waals surface area contributed by atoms with Crippen LogP contribution in [0.5, 0.6) is 0 Å². The average Bonchev–Trinajstić information content (AvgIpc) is 2.99. The van der Waals surface area contributed by atoms with Gasteiger partial charge in [0.15, 0.2) is 5.69 Å². The number of benzene rings is 2. The summed E-state index contributed by atoms with van der Waals surface area (Å²) in [7, 11) is 1.75. The molecule has 25 heavy (non-hydrogen) atoms. The van der Waals surface area contributed by atoms with Crippen molar-refractivity contribution >= 4 is 17.5 Å². The first-order valence-electron chi connectivity index (χ1n) is 7.85. The molecule has 128 valence electrons. The summed E-state index contributed by atoms with van der Waals surface area (Å²) < 4.78 is 14.7. The Bertz CT molecular complexity index is 873. The molecular formula is C19H17ClFN3O. The number of rotatable bonds is 5. The molecule has 0 saturated heterocycles. The molecule has 1 N–H and O–H groups in total. The third kappa shape index (κ3) is 4.25. The molecule has 0 aliphatic heterocycles. The van der Waals surface area contributed by atoms with E-state index in [4.69, 9.17) is 11.6 Å². The number of carbonyl (C=O) groups is 1. The molecule has 6 heteroatoms. The van der Waals surface area contributed by atoms with Crippen LogP contribution < -0.4 is 5.32 Å². The van der Waals surface area contributed by atoms with Gasteiger partial charge < -0.3 is 5.32 Å². The zero-order valence-corrected chi connectivity index (χ0v) is 14.4. The highest BCUT2D eigenvalue weighted by Gasteiger charge is 2.13. The number of amides is 1. The molecule has 1 heterocycles. The summed E-state index contributed by atoms with van der Waals surface area (Å²) in [5.74, 6) is -0.538. The second-order valence-electron chi connectivity index (χ2n) is 5.68. The van der Waals surface area contributed by atoms with Crippen molar-refractivity contribution in [2.75, 3.05) is 6.54 Å². The van der Waals surface area contributed by atoms with Gasteiger partial charge in [0.25, 0.3) is 5.91 Å².